The van der Waals surface area contributed by atoms with Crippen LogP contribution in [0.4, 0.5) is 18.9 Å². The van der Waals surface area contributed by atoms with Crippen LogP contribution in [0.3, 0.4) is 0 Å². The van der Waals surface area contributed by atoms with Crippen LogP contribution in [0.5, 0.6) is 17.2 Å². The van der Waals surface area contributed by atoms with Crippen LogP contribution < -0.4 is 19.5 Å². The first-order valence-corrected chi connectivity index (χ1v) is 7.93. The van der Waals surface area contributed by atoms with E-state index < -0.39 is 6.36 Å². The second-order valence-corrected chi connectivity index (χ2v) is 5.60. The molecule has 1 aliphatic heterocycles. The van der Waals surface area contributed by atoms with E-state index in [1.165, 1.54) is 24.3 Å². The van der Waals surface area contributed by atoms with Crippen LogP contribution >= 0.6 is 0 Å². The lowest BCUT2D eigenvalue weighted by atomic mass is 10.1. The SMILES string of the molecule is O=C(CCc1ccc(OC(F)(F)F)cc1)Nc1ccc2c(c1)OCCO2. The third-order valence-corrected chi connectivity index (χ3v) is 3.62. The van der Waals surface area contributed by atoms with Crippen LogP contribution in [0.1, 0.15) is 12.0 Å². The fourth-order valence-electron chi connectivity index (χ4n) is 2.46. The number of halogens is 3. The monoisotopic (exact) mass is 367 g/mol. The average molecular weight is 367 g/mol. The third kappa shape index (κ3) is 5.05. The van der Waals surface area contributed by atoms with E-state index >= 15 is 0 Å². The highest BCUT2D eigenvalue weighted by molar-refractivity contribution is 5.91. The van der Waals surface area contributed by atoms with Crippen molar-refractivity contribution in [2.75, 3.05) is 18.5 Å². The molecule has 0 saturated heterocycles. The number of rotatable bonds is 5. The van der Waals surface area contributed by atoms with Gasteiger partial charge in [-0.3, -0.25) is 4.79 Å². The number of aryl methyl sites for hydroxylation is 1. The van der Waals surface area contributed by atoms with Gasteiger partial charge in [0, 0.05) is 18.2 Å². The number of fused-ring (bicyclic) bond motifs is 1. The molecule has 0 bridgehead atoms. The molecule has 1 N–H and O–H groups in total. The van der Waals surface area contributed by atoms with Crippen molar-refractivity contribution in [3.05, 3.63) is 48.0 Å². The van der Waals surface area contributed by atoms with Crippen molar-refractivity contribution < 1.29 is 32.2 Å². The normalized spacial score (nSPS) is 13.2. The molecule has 0 spiro atoms. The Bertz CT molecular complexity index is 775. The van der Waals surface area contributed by atoms with E-state index in [0.29, 0.717) is 36.8 Å². The number of alkyl halides is 3. The Labute approximate surface area is 147 Å². The summed E-state index contributed by atoms with van der Waals surface area (Å²) in [4.78, 5) is 12.1. The smallest absolute Gasteiger partial charge is 0.486 e. The molecule has 3 rings (SSSR count). The Morgan fingerprint density at radius 1 is 1.04 bits per heavy atom. The van der Waals surface area contributed by atoms with Gasteiger partial charge in [-0.1, -0.05) is 12.1 Å². The van der Waals surface area contributed by atoms with Crippen LogP contribution in [0, 0.1) is 0 Å². The van der Waals surface area contributed by atoms with Gasteiger partial charge in [-0.15, -0.1) is 13.2 Å². The number of carbonyl (C=O) groups is 1. The molecule has 0 radical (unpaired) electrons. The Morgan fingerprint density at radius 2 is 1.73 bits per heavy atom. The summed E-state index contributed by atoms with van der Waals surface area (Å²) in [5.74, 6) is 0.712. The maximum Gasteiger partial charge on any atom is 0.573 e. The second-order valence-electron chi connectivity index (χ2n) is 5.60. The summed E-state index contributed by atoms with van der Waals surface area (Å²) >= 11 is 0. The lowest BCUT2D eigenvalue weighted by molar-refractivity contribution is -0.274. The van der Waals surface area contributed by atoms with Crippen LogP contribution in [0.15, 0.2) is 42.5 Å². The largest absolute Gasteiger partial charge is 0.573 e. The fourth-order valence-corrected chi connectivity index (χ4v) is 2.46. The van der Waals surface area contributed by atoms with E-state index in [9.17, 15) is 18.0 Å². The predicted octanol–water partition coefficient (Wildman–Crippen LogP) is 3.93. The van der Waals surface area contributed by atoms with Gasteiger partial charge in [0.05, 0.1) is 0 Å². The molecule has 2 aromatic rings. The van der Waals surface area contributed by atoms with Crippen molar-refractivity contribution in [3.63, 3.8) is 0 Å². The van der Waals surface area contributed by atoms with Crippen LogP contribution in [-0.4, -0.2) is 25.5 Å². The minimum absolute atomic E-state index is 0.188. The van der Waals surface area contributed by atoms with Gasteiger partial charge in [-0.25, -0.2) is 0 Å². The Morgan fingerprint density at radius 3 is 2.42 bits per heavy atom. The molecule has 0 unspecified atom stereocenters. The first kappa shape index (κ1) is 17.9. The minimum atomic E-state index is -4.72. The number of ether oxygens (including phenoxy) is 3. The van der Waals surface area contributed by atoms with Gasteiger partial charge < -0.3 is 19.5 Å². The standard InChI is InChI=1S/C18H16F3NO4/c19-18(20,21)26-14-5-1-12(2-6-14)3-8-17(23)22-13-4-7-15-16(11-13)25-10-9-24-15/h1-2,4-7,11H,3,8-10H2,(H,22,23). The molecule has 8 heteroatoms. The topological polar surface area (TPSA) is 56.8 Å². The Kier molecular flexibility index (Phi) is 5.20. The molecule has 26 heavy (non-hydrogen) atoms. The highest BCUT2D eigenvalue weighted by Crippen LogP contribution is 2.32. The molecule has 0 fully saturated rings. The number of carbonyl (C=O) groups excluding carboxylic acids is 1. The molecule has 0 aliphatic carbocycles. The number of hydrogen-bond acceptors (Lipinski definition) is 4. The van der Waals surface area contributed by atoms with Gasteiger partial charge in [0.25, 0.3) is 0 Å². The fraction of sp³-hybridized carbons (Fsp3) is 0.278. The molecule has 0 atom stereocenters. The van der Waals surface area contributed by atoms with Crippen LogP contribution in [0.25, 0.3) is 0 Å². The van der Waals surface area contributed by atoms with Gasteiger partial charge in [-0.2, -0.15) is 0 Å². The van der Waals surface area contributed by atoms with Gasteiger partial charge in [0.1, 0.15) is 19.0 Å². The van der Waals surface area contributed by atoms with E-state index in [-0.39, 0.29) is 18.1 Å². The van der Waals surface area contributed by atoms with Gasteiger partial charge >= 0.3 is 6.36 Å². The zero-order valence-corrected chi connectivity index (χ0v) is 13.6. The predicted molar refractivity (Wildman–Crippen MR) is 87.5 cm³/mol. The second kappa shape index (κ2) is 7.55. The molecule has 0 saturated carbocycles. The summed E-state index contributed by atoms with van der Waals surface area (Å²) in [5.41, 5.74) is 1.32. The van der Waals surface area contributed by atoms with Crippen molar-refractivity contribution in [1.82, 2.24) is 0 Å². The highest BCUT2D eigenvalue weighted by Gasteiger charge is 2.30. The van der Waals surface area contributed by atoms with Crippen molar-refractivity contribution in [1.29, 1.82) is 0 Å². The summed E-state index contributed by atoms with van der Waals surface area (Å²) < 4.78 is 51.0. The molecule has 1 heterocycles. The molecule has 0 aromatic heterocycles. The molecule has 1 aliphatic rings. The lowest BCUT2D eigenvalue weighted by Gasteiger charge is -2.19. The van der Waals surface area contributed by atoms with Crippen molar-refractivity contribution in [3.8, 4) is 17.2 Å². The minimum Gasteiger partial charge on any atom is -0.486 e. The highest BCUT2D eigenvalue weighted by atomic mass is 19.4. The zero-order chi connectivity index (χ0) is 18.6. The van der Waals surface area contributed by atoms with E-state index in [2.05, 4.69) is 10.1 Å². The maximum atomic E-state index is 12.1. The van der Waals surface area contributed by atoms with Gasteiger partial charge in [0.2, 0.25) is 5.91 Å². The number of benzene rings is 2. The summed E-state index contributed by atoms with van der Waals surface area (Å²) in [6.07, 6.45) is -4.14. The summed E-state index contributed by atoms with van der Waals surface area (Å²) in [7, 11) is 0. The first-order valence-electron chi connectivity index (χ1n) is 7.93. The number of anilines is 1. The first-order chi connectivity index (χ1) is 12.4. The third-order valence-electron chi connectivity index (χ3n) is 3.62. The maximum absolute atomic E-state index is 12.1. The van der Waals surface area contributed by atoms with Gasteiger partial charge in [-0.05, 0) is 36.2 Å². The summed E-state index contributed by atoms with van der Waals surface area (Å²) in [5, 5.41) is 2.76. The molecular weight excluding hydrogens is 351 g/mol. The van der Waals surface area contributed by atoms with Crippen molar-refractivity contribution in [2.45, 2.75) is 19.2 Å². The quantitative estimate of drug-likeness (QED) is 0.870. The van der Waals surface area contributed by atoms with Gasteiger partial charge in [0.15, 0.2) is 11.5 Å². The molecular formula is C18H16F3NO4. The number of nitrogens with one attached hydrogen (secondary N) is 1. The summed E-state index contributed by atoms with van der Waals surface area (Å²) in [6, 6.07) is 10.6. The molecule has 138 valence electrons. The van der Waals surface area contributed by atoms with Crippen LogP contribution in [-0.2, 0) is 11.2 Å². The Hall–Kier alpha value is -2.90. The van der Waals surface area contributed by atoms with Crippen LogP contribution in [0.2, 0.25) is 0 Å². The zero-order valence-electron chi connectivity index (χ0n) is 13.6. The number of amides is 1. The van der Waals surface area contributed by atoms with Crippen molar-refractivity contribution >= 4 is 11.6 Å². The Balaban J connectivity index is 1.51. The molecule has 2 aromatic carbocycles. The summed E-state index contributed by atoms with van der Waals surface area (Å²) in [6.45, 7) is 0.948. The van der Waals surface area contributed by atoms with Crippen molar-refractivity contribution in [2.24, 2.45) is 0 Å². The number of hydrogen-bond donors (Lipinski definition) is 1. The van der Waals surface area contributed by atoms with E-state index in [4.69, 9.17) is 9.47 Å². The average Bonchev–Trinajstić information content (AvgIpc) is 2.60. The molecule has 1 amide bonds. The van der Waals surface area contributed by atoms with E-state index in [1.807, 2.05) is 0 Å². The lowest BCUT2D eigenvalue weighted by Crippen LogP contribution is -2.17. The molecule has 5 nitrogen and oxygen atoms in total. The van der Waals surface area contributed by atoms with E-state index in [0.717, 1.165) is 5.56 Å². The van der Waals surface area contributed by atoms with E-state index in [1.54, 1.807) is 18.2 Å².